The van der Waals surface area contributed by atoms with Crippen molar-refractivity contribution in [3.05, 3.63) is 22.9 Å². The minimum atomic E-state index is -5.20. The van der Waals surface area contributed by atoms with Crippen molar-refractivity contribution in [2.75, 3.05) is 0 Å². The largest absolute Gasteiger partial charge is 0.574 e. The van der Waals surface area contributed by atoms with Gasteiger partial charge in [-0.1, -0.05) is 0 Å². The minimum Gasteiger partial charge on any atom is -0.387 e. The van der Waals surface area contributed by atoms with Gasteiger partial charge < -0.3 is 10.5 Å². The van der Waals surface area contributed by atoms with E-state index in [-0.39, 0.29) is 0 Å². The monoisotopic (exact) mass is 304 g/mol. The van der Waals surface area contributed by atoms with Crippen LogP contribution in [0.15, 0.2) is 6.20 Å². The molecule has 1 aromatic rings. The number of aromatic nitrogens is 1. The standard InChI is InChI=1S/C9H6ClF5N2O2/c10-6(18)4-2-17-8(19-9(13,14)15)5(7(11)12)3(4)1-16/h2,7H,1,16H2. The average Bonchev–Trinajstić information content (AvgIpc) is 2.25. The predicted molar refractivity (Wildman–Crippen MR) is 54.0 cm³/mol. The number of halogens is 6. The van der Waals surface area contributed by atoms with E-state index >= 15 is 0 Å². The zero-order valence-corrected chi connectivity index (χ0v) is 9.73. The third-order valence-corrected chi connectivity index (χ3v) is 2.24. The maximum Gasteiger partial charge on any atom is 0.574 e. The van der Waals surface area contributed by atoms with Crippen molar-refractivity contribution in [2.24, 2.45) is 5.73 Å². The van der Waals surface area contributed by atoms with Crippen LogP contribution in [0.3, 0.4) is 0 Å². The predicted octanol–water partition coefficient (Wildman–Crippen LogP) is 2.76. The Balaban J connectivity index is 3.46. The van der Waals surface area contributed by atoms with E-state index in [1.807, 2.05) is 0 Å². The lowest BCUT2D eigenvalue weighted by molar-refractivity contribution is -0.276. The molecule has 0 aliphatic carbocycles. The fourth-order valence-corrected chi connectivity index (χ4v) is 1.51. The molecule has 10 heteroatoms. The van der Waals surface area contributed by atoms with E-state index in [4.69, 9.17) is 17.3 Å². The Morgan fingerprint density at radius 3 is 2.42 bits per heavy atom. The molecule has 106 valence electrons. The van der Waals surface area contributed by atoms with Gasteiger partial charge in [-0.2, -0.15) is 0 Å². The van der Waals surface area contributed by atoms with Gasteiger partial charge in [-0.15, -0.1) is 13.2 Å². The third-order valence-electron chi connectivity index (χ3n) is 2.04. The lowest BCUT2D eigenvalue weighted by Gasteiger charge is -2.16. The third kappa shape index (κ3) is 3.74. The molecule has 0 unspecified atom stereocenters. The fourth-order valence-electron chi connectivity index (χ4n) is 1.35. The molecule has 0 aromatic carbocycles. The Labute approximate surface area is 108 Å². The van der Waals surface area contributed by atoms with Gasteiger partial charge in [-0.25, -0.2) is 13.8 Å². The Bertz CT molecular complexity index is 492. The highest BCUT2D eigenvalue weighted by Gasteiger charge is 2.35. The van der Waals surface area contributed by atoms with E-state index in [2.05, 4.69) is 9.72 Å². The molecule has 1 heterocycles. The van der Waals surface area contributed by atoms with E-state index in [1.54, 1.807) is 0 Å². The minimum absolute atomic E-state index is 0.492. The number of pyridine rings is 1. The van der Waals surface area contributed by atoms with E-state index in [1.165, 1.54) is 0 Å². The number of hydrogen-bond acceptors (Lipinski definition) is 4. The molecule has 0 aliphatic heterocycles. The molecule has 2 N–H and O–H groups in total. The van der Waals surface area contributed by atoms with Crippen molar-refractivity contribution in [2.45, 2.75) is 19.3 Å². The van der Waals surface area contributed by atoms with Gasteiger partial charge in [0, 0.05) is 12.7 Å². The van der Waals surface area contributed by atoms with Crippen LogP contribution in [0.25, 0.3) is 0 Å². The second-order valence-corrected chi connectivity index (χ2v) is 3.54. The summed E-state index contributed by atoms with van der Waals surface area (Å²) in [5.41, 5.74) is 2.92. The summed E-state index contributed by atoms with van der Waals surface area (Å²) in [6, 6.07) is 0. The normalized spacial score (nSPS) is 11.8. The first kappa shape index (κ1) is 15.6. The summed E-state index contributed by atoms with van der Waals surface area (Å²) >= 11 is 5.11. The maximum absolute atomic E-state index is 12.8. The van der Waals surface area contributed by atoms with Crippen LogP contribution in [0, 0.1) is 0 Å². The van der Waals surface area contributed by atoms with Crippen molar-refractivity contribution in [1.29, 1.82) is 0 Å². The zero-order chi connectivity index (χ0) is 14.8. The number of ether oxygens (including phenoxy) is 1. The van der Waals surface area contributed by atoms with Crippen molar-refractivity contribution in [1.82, 2.24) is 4.98 Å². The van der Waals surface area contributed by atoms with Crippen LogP contribution in [0.2, 0.25) is 0 Å². The van der Waals surface area contributed by atoms with Crippen LogP contribution in [0.5, 0.6) is 5.88 Å². The summed E-state index contributed by atoms with van der Waals surface area (Å²) in [7, 11) is 0. The number of alkyl halides is 5. The Morgan fingerprint density at radius 2 is 2.05 bits per heavy atom. The smallest absolute Gasteiger partial charge is 0.387 e. The van der Waals surface area contributed by atoms with E-state index in [0.717, 1.165) is 0 Å². The quantitative estimate of drug-likeness (QED) is 0.686. The van der Waals surface area contributed by atoms with Crippen molar-refractivity contribution in [3.63, 3.8) is 0 Å². The number of carbonyl (C=O) groups excluding carboxylic acids is 1. The fraction of sp³-hybridized carbons (Fsp3) is 0.333. The van der Waals surface area contributed by atoms with Gasteiger partial charge in [0.2, 0.25) is 5.88 Å². The van der Waals surface area contributed by atoms with Gasteiger partial charge in [0.05, 0.1) is 11.1 Å². The van der Waals surface area contributed by atoms with E-state index in [9.17, 15) is 26.7 Å². The Kier molecular flexibility index (Phi) is 4.64. The van der Waals surface area contributed by atoms with Crippen LogP contribution in [-0.4, -0.2) is 16.6 Å². The van der Waals surface area contributed by atoms with Crippen molar-refractivity contribution in [3.8, 4) is 5.88 Å². The molecule has 0 bridgehead atoms. The first-order valence-electron chi connectivity index (χ1n) is 4.63. The molecule has 0 spiro atoms. The van der Waals surface area contributed by atoms with Crippen molar-refractivity contribution < 1.29 is 31.5 Å². The molecule has 4 nitrogen and oxygen atoms in total. The number of rotatable bonds is 4. The Hall–Kier alpha value is -1.48. The van der Waals surface area contributed by atoms with Gasteiger partial charge >= 0.3 is 6.36 Å². The SMILES string of the molecule is NCc1c(C(=O)Cl)cnc(OC(F)(F)F)c1C(F)F. The molecular weight excluding hydrogens is 299 g/mol. The van der Waals surface area contributed by atoms with Gasteiger partial charge in [-0.05, 0) is 17.2 Å². The lowest BCUT2D eigenvalue weighted by atomic mass is 10.0. The summed E-state index contributed by atoms with van der Waals surface area (Å²) in [6.07, 6.45) is -7.96. The highest BCUT2D eigenvalue weighted by molar-refractivity contribution is 6.67. The molecule has 0 saturated heterocycles. The summed E-state index contributed by atoms with van der Waals surface area (Å²) in [4.78, 5) is 14.0. The van der Waals surface area contributed by atoms with Gasteiger partial charge in [0.25, 0.3) is 11.7 Å². The molecule has 0 fully saturated rings. The van der Waals surface area contributed by atoms with Gasteiger partial charge in [0.1, 0.15) is 0 Å². The highest BCUT2D eigenvalue weighted by Crippen LogP contribution is 2.35. The molecule has 1 aromatic heterocycles. The number of hydrogen-bond donors (Lipinski definition) is 1. The summed E-state index contributed by atoms with van der Waals surface area (Å²) in [5, 5.41) is -1.16. The van der Waals surface area contributed by atoms with Gasteiger partial charge in [0.15, 0.2) is 0 Å². The summed E-state index contributed by atoms with van der Waals surface area (Å²) in [5.74, 6) is -1.36. The van der Waals surface area contributed by atoms with E-state index < -0.39 is 47.1 Å². The molecule has 19 heavy (non-hydrogen) atoms. The highest BCUT2D eigenvalue weighted by atomic mass is 35.5. The lowest BCUT2D eigenvalue weighted by Crippen LogP contribution is -2.21. The van der Waals surface area contributed by atoms with Crippen molar-refractivity contribution >= 4 is 16.8 Å². The number of nitrogens with two attached hydrogens (primary N) is 1. The summed E-state index contributed by atoms with van der Waals surface area (Å²) < 4.78 is 65.1. The Morgan fingerprint density at radius 1 is 1.47 bits per heavy atom. The first-order chi connectivity index (χ1) is 8.67. The first-order valence-corrected chi connectivity index (χ1v) is 5.00. The topological polar surface area (TPSA) is 65.2 Å². The van der Waals surface area contributed by atoms with Crippen LogP contribution in [0.4, 0.5) is 22.0 Å². The maximum atomic E-state index is 12.8. The summed E-state index contributed by atoms with van der Waals surface area (Å²) in [6.45, 7) is -0.621. The average molecular weight is 305 g/mol. The second kappa shape index (κ2) is 5.66. The van der Waals surface area contributed by atoms with Crippen LogP contribution >= 0.6 is 11.6 Å². The second-order valence-electron chi connectivity index (χ2n) is 3.20. The molecule has 0 saturated carbocycles. The number of carbonyl (C=O) groups is 1. The molecule has 0 aliphatic rings. The zero-order valence-electron chi connectivity index (χ0n) is 8.97. The van der Waals surface area contributed by atoms with Gasteiger partial charge in [-0.3, -0.25) is 4.79 Å². The van der Waals surface area contributed by atoms with Crippen LogP contribution in [-0.2, 0) is 6.54 Å². The molecular formula is C9H6ClF5N2O2. The molecule has 1 rings (SSSR count). The molecule has 0 radical (unpaired) electrons. The van der Waals surface area contributed by atoms with Crippen LogP contribution < -0.4 is 10.5 Å². The van der Waals surface area contributed by atoms with Crippen LogP contribution in [0.1, 0.15) is 27.9 Å². The number of nitrogens with zero attached hydrogens (tertiary/aromatic N) is 1. The molecule has 0 amide bonds. The van der Waals surface area contributed by atoms with E-state index in [0.29, 0.717) is 6.20 Å². The molecule has 0 atom stereocenters.